The minimum atomic E-state index is 0.305. The van der Waals surface area contributed by atoms with Crippen molar-refractivity contribution in [3.05, 3.63) is 0 Å². The Kier molecular flexibility index (Phi) is 4.39. The Morgan fingerprint density at radius 1 is 1.29 bits per heavy atom. The van der Waals surface area contributed by atoms with Crippen molar-refractivity contribution in [2.24, 2.45) is 17.1 Å². The van der Waals surface area contributed by atoms with Crippen molar-refractivity contribution >= 4 is 0 Å². The molecule has 14 heavy (non-hydrogen) atoms. The summed E-state index contributed by atoms with van der Waals surface area (Å²) in [6, 6.07) is 0.305. The molecule has 84 valence electrons. The lowest BCUT2D eigenvalue weighted by atomic mass is 9.88. The molecule has 0 aromatic rings. The van der Waals surface area contributed by atoms with E-state index in [2.05, 4.69) is 26.1 Å². The predicted molar refractivity (Wildman–Crippen MR) is 62.3 cm³/mol. The van der Waals surface area contributed by atoms with E-state index >= 15 is 0 Å². The van der Waals surface area contributed by atoms with E-state index in [1.54, 1.807) is 0 Å². The van der Waals surface area contributed by atoms with Gasteiger partial charge in [0, 0.05) is 12.6 Å². The summed E-state index contributed by atoms with van der Waals surface area (Å²) in [5, 5.41) is 3.57. The maximum Gasteiger partial charge on any atom is 0.00482 e. The van der Waals surface area contributed by atoms with Crippen LogP contribution in [0.1, 0.15) is 46.5 Å². The van der Waals surface area contributed by atoms with Crippen LogP contribution in [0.25, 0.3) is 0 Å². The molecule has 0 heterocycles. The summed E-state index contributed by atoms with van der Waals surface area (Å²) in [6.07, 6.45) is 5.63. The highest BCUT2D eigenvalue weighted by Gasteiger charge is 2.27. The largest absolute Gasteiger partial charge is 0.328 e. The van der Waals surface area contributed by atoms with Gasteiger partial charge in [0.05, 0.1) is 0 Å². The first kappa shape index (κ1) is 12.0. The molecule has 0 bridgehead atoms. The van der Waals surface area contributed by atoms with Crippen LogP contribution >= 0.6 is 0 Å². The van der Waals surface area contributed by atoms with Crippen molar-refractivity contribution in [2.45, 2.75) is 52.5 Å². The average molecular weight is 198 g/mol. The zero-order valence-corrected chi connectivity index (χ0v) is 9.97. The zero-order valence-electron chi connectivity index (χ0n) is 9.97. The van der Waals surface area contributed by atoms with Crippen LogP contribution in [0.3, 0.4) is 0 Å². The van der Waals surface area contributed by atoms with Crippen molar-refractivity contribution in [3.8, 4) is 0 Å². The zero-order chi connectivity index (χ0) is 10.6. The molecule has 2 unspecified atom stereocenters. The quantitative estimate of drug-likeness (QED) is 0.710. The molecule has 0 spiro atoms. The van der Waals surface area contributed by atoms with E-state index in [4.69, 9.17) is 5.73 Å². The van der Waals surface area contributed by atoms with Crippen LogP contribution in [0.4, 0.5) is 0 Å². The number of nitrogens with two attached hydrogens (primary N) is 1. The Hall–Kier alpha value is -0.0800. The molecule has 1 aliphatic carbocycles. The number of nitrogens with one attached hydrogen (secondary N) is 1. The lowest BCUT2D eigenvalue weighted by molar-refractivity contribution is 0.301. The fourth-order valence-corrected chi connectivity index (χ4v) is 2.19. The first-order chi connectivity index (χ1) is 6.53. The molecule has 0 aromatic carbocycles. The summed E-state index contributed by atoms with van der Waals surface area (Å²) < 4.78 is 0. The lowest BCUT2D eigenvalue weighted by Gasteiger charge is -2.25. The second-order valence-electron chi connectivity index (χ2n) is 5.49. The van der Waals surface area contributed by atoms with Crippen LogP contribution in [0.15, 0.2) is 0 Å². The molecule has 3 N–H and O–H groups in total. The molecule has 0 aliphatic heterocycles. The molecule has 1 aliphatic rings. The van der Waals surface area contributed by atoms with E-state index in [9.17, 15) is 0 Å². The summed E-state index contributed by atoms with van der Waals surface area (Å²) in [6.45, 7) is 8.94. The highest BCUT2D eigenvalue weighted by atomic mass is 14.9. The van der Waals surface area contributed by atoms with Gasteiger partial charge in [0.2, 0.25) is 0 Å². The SMILES string of the molecule is CC(N)C(C)CNCC1(C)CCCC1. The number of hydrogen-bond acceptors (Lipinski definition) is 2. The van der Waals surface area contributed by atoms with Gasteiger partial charge in [0.15, 0.2) is 0 Å². The van der Waals surface area contributed by atoms with E-state index < -0.39 is 0 Å². The average Bonchev–Trinajstić information content (AvgIpc) is 2.52. The fraction of sp³-hybridized carbons (Fsp3) is 1.00. The monoisotopic (exact) mass is 198 g/mol. The van der Waals surface area contributed by atoms with Crippen LogP contribution < -0.4 is 11.1 Å². The lowest BCUT2D eigenvalue weighted by Crippen LogP contribution is -2.37. The Morgan fingerprint density at radius 3 is 2.36 bits per heavy atom. The molecule has 1 rings (SSSR count). The maximum absolute atomic E-state index is 5.82. The number of hydrogen-bond donors (Lipinski definition) is 2. The van der Waals surface area contributed by atoms with Crippen LogP contribution in [0.5, 0.6) is 0 Å². The van der Waals surface area contributed by atoms with Gasteiger partial charge in [-0.15, -0.1) is 0 Å². The van der Waals surface area contributed by atoms with Crippen molar-refractivity contribution in [1.82, 2.24) is 5.32 Å². The fourth-order valence-electron chi connectivity index (χ4n) is 2.19. The van der Waals surface area contributed by atoms with E-state index in [1.807, 2.05) is 0 Å². The minimum absolute atomic E-state index is 0.305. The summed E-state index contributed by atoms with van der Waals surface area (Å²) in [5.41, 5.74) is 6.39. The van der Waals surface area contributed by atoms with Crippen LogP contribution in [0.2, 0.25) is 0 Å². The summed E-state index contributed by atoms with van der Waals surface area (Å²) in [4.78, 5) is 0. The van der Waals surface area contributed by atoms with Gasteiger partial charge in [-0.05, 0) is 37.6 Å². The van der Waals surface area contributed by atoms with E-state index in [0.29, 0.717) is 17.4 Å². The standard InChI is InChI=1S/C12H26N2/c1-10(11(2)13)8-14-9-12(3)6-4-5-7-12/h10-11,14H,4-9,13H2,1-3H3. The molecule has 2 atom stereocenters. The van der Waals surface area contributed by atoms with Gasteiger partial charge in [-0.2, -0.15) is 0 Å². The van der Waals surface area contributed by atoms with Crippen LogP contribution in [0, 0.1) is 11.3 Å². The topological polar surface area (TPSA) is 38.0 Å². The third kappa shape index (κ3) is 3.58. The van der Waals surface area contributed by atoms with Gasteiger partial charge < -0.3 is 11.1 Å². The highest BCUT2D eigenvalue weighted by molar-refractivity contribution is 4.82. The van der Waals surface area contributed by atoms with Crippen molar-refractivity contribution in [1.29, 1.82) is 0 Å². The third-order valence-electron chi connectivity index (χ3n) is 3.73. The van der Waals surface area contributed by atoms with Gasteiger partial charge in [-0.1, -0.05) is 26.7 Å². The van der Waals surface area contributed by atoms with E-state index in [0.717, 1.165) is 6.54 Å². The molecule has 1 saturated carbocycles. The number of rotatable bonds is 5. The highest BCUT2D eigenvalue weighted by Crippen LogP contribution is 2.36. The van der Waals surface area contributed by atoms with Crippen molar-refractivity contribution in [3.63, 3.8) is 0 Å². The molecule has 2 heteroatoms. The van der Waals surface area contributed by atoms with E-state index in [1.165, 1.54) is 32.2 Å². The first-order valence-corrected chi connectivity index (χ1v) is 6.00. The predicted octanol–water partition coefficient (Wildman–Crippen LogP) is 2.14. The molecule has 2 nitrogen and oxygen atoms in total. The maximum atomic E-state index is 5.82. The van der Waals surface area contributed by atoms with E-state index in [-0.39, 0.29) is 0 Å². The normalized spacial score (nSPS) is 24.9. The summed E-state index contributed by atoms with van der Waals surface area (Å²) >= 11 is 0. The van der Waals surface area contributed by atoms with Crippen LogP contribution in [-0.2, 0) is 0 Å². The van der Waals surface area contributed by atoms with Crippen molar-refractivity contribution in [2.75, 3.05) is 13.1 Å². The van der Waals surface area contributed by atoms with Gasteiger partial charge in [0.1, 0.15) is 0 Å². The second kappa shape index (κ2) is 5.13. The van der Waals surface area contributed by atoms with Gasteiger partial charge in [-0.25, -0.2) is 0 Å². The molecule has 0 aromatic heterocycles. The van der Waals surface area contributed by atoms with Crippen molar-refractivity contribution < 1.29 is 0 Å². The van der Waals surface area contributed by atoms with Gasteiger partial charge in [0.25, 0.3) is 0 Å². The molecule has 1 fully saturated rings. The molecular weight excluding hydrogens is 172 g/mol. The summed E-state index contributed by atoms with van der Waals surface area (Å²) in [7, 11) is 0. The Morgan fingerprint density at radius 2 is 1.86 bits per heavy atom. The van der Waals surface area contributed by atoms with Gasteiger partial charge in [-0.3, -0.25) is 0 Å². The Labute approximate surface area is 88.6 Å². The third-order valence-corrected chi connectivity index (χ3v) is 3.73. The van der Waals surface area contributed by atoms with Gasteiger partial charge >= 0.3 is 0 Å². The Bertz CT molecular complexity index is 160. The minimum Gasteiger partial charge on any atom is -0.328 e. The first-order valence-electron chi connectivity index (χ1n) is 6.00. The molecule has 0 radical (unpaired) electrons. The van der Waals surface area contributed by atoms with Crippen LogP contribution in [-0.4, -0.2) is 19.1 Å². The second-order valence-corrected chi connectivity index (χ2v) is 5.49. The summed E-state index contributed by atoms with van der Waals surface area (Å²) in [5.74, 6) is 0.583. The Balaban J connectivity index is 2.14. The molecule has 0 saturated heterocycles. The molecular formula is C12H26N2. The molecule has 0 amide bonds. The smallest absolute Gasteiger partial charge is 0.00482 e.